The molecule has 0 aliphatic heterocycles. The lowest BCUT2D eigenvalue weighted by Gasteiger charge is -2.20. The summed E-state index contributed by atoms with van der Waals surface area (Å²) in [6.45, 7) is 12.6. The number of Topliss-reactive ketones (excluding diaryl/α,β-unsaturated/α-hetero) is 1. The van der Waals surface area contributed by atoms with Gasteiger partial charge in [-0.25, -0.2) is 0 Å². The fraction of sp³-hybridized carbons (Fsp3) is 0.346. The van der Waals surface area contributed by atoms with Gasteiger partial charge >= 0.3 is 0 Å². The fourth-order valence-electron chi connectivity index (χ4n) is 3.37. The predicted octanol–water partition coefficient (Wildman–Crippen LogP) is 6.10. The van der Waals surface area contributed by atoms with Gasteiger partial charge in [0.25, 0.3) is 0 Å². The zero-order valence-electron chi connectivity index (χ0n) is 17.9. The molecule has 28 heavy (non-hydrogen) atoms. The van der Waals surface area contributed by atoms with Crippen molar-refractivity contribution < 1.29 is 9.53 Å². The number of hydrogen-bond acceptors (Lipinski definition) is 2. The van der Waals surface area contributed by atoms with Crippen LogP contribution in [0.4, 0.5) is 0 Å². The van der Waals surface area contributed by atoms with Crippen molar-refractivity contribution in [2.45, 2.75) is 41.5 Å². The average molecular weight is 373 g/mol. The Morgan fingerprint density at radius 3 is 2.07 bits per heavy atom. The molecule has 3 rings (SSSR count). The second kappa shape index (κ2) is 6.99. The quantitative estimate of drug-likeness (QED) is 0.566. The highest BCUT2D eigenvalue weighted by molar-refractivity contribution is 6.16. The zero-order valence-corrected chi connectivity index (χ0v) is 17.9. The standard InChI is InChI=1S/C26H28O2/c1-25(2,3)22-16-23(26(4,5)6)24(27)21(22)13-9-17-8-10-19-15-20(28-7)12-11-18(19)14-17/h8,10-12,14-16H,1-7H3. The van der Waals surface area contributed by atoms with E-state index in [9.17, 15) is 4.79 Å². The van der Waals surface area contributed by atoms with E-state index in [0.29, 0.717) is 5.57 Å². The molecule has 1 aliphatic carbocycles. The van der Waals surface area contributed by atoms with Crippen molar-refractivity contribution in [2.75, 3.05) is 7.11 Å². The Balaban J connectivity index is 2.02. The Morgan fingerprint density at radius 2 is 1.46 bits per heavy atom. The molecule has 1 aliphatic rings. The summed E-state index contributed by atoms with van der Waals surface area (Å²) < 4.78 is 5.28. The molecule has 0 unspecified atom stereocenters. The van der Waals surface area contributed by atoms with Crippen molar-refractivity contribution in [3.05, 3.63) is 64.8 Å². The summed E-state index contributed by atoms with van der Waals surface area (Å²) in [6.07, 6.45) is 2.05. The molecule has 2 aromatic carbocycles. The molecule has 0 N–H and O–H groups in total. The van der Waals surface area contributed by atoms with Crippen LogP contribution < -0.4 is 4.74 Å². The largest absolute Gasteiger partial charge is 0.497 e. The Kier molecular flexibility index (Phi) is 4.98. The predicted molar refractivity (Wildman–Crippen MR) is 116 cm³/mol. The molecule has 2 heteroatoms. The zero-order chi connectivity index (χ0) is 20.7. The van der Waals surface area contributed by atoms with E-state index in [1.54, 1.807) is 7.11 Å². The Labute approximate surface area is 168 Å². The Bertz CT molecular complexity index is 1070. The maximum absolute atomic E-state index is 13.1. The lowest BCUT2D eigenvalue weighted by Crippen LogP contribution is -2.16. The molecule has 144 valence electrons. The molecule has 0 fully saturated rings. The number of carbonyl (C=O) groups is 1. The van der Waals surface area contributed by atoms with Crippen molar-refractivity contribution in [3.63, 3.8) is 0 Å². The van der Waals surface area contributed by atoms with Gasteiger partial charge in [-0.15, -0.1) is 0 Å². The summed E-state index contributed by atoms with van der Waals surface area (Å²) in [5.41, 5.74) is 3.07. The van der Waals surface area contributed by atoms with Gasteiger partial charge in [-0.3, -0.25) is 4.79 Å². The molecule has 0 atom stereocenters. The number of hydrogen-bond donors (Lipinski definition) is 0. The number of benzene rings is 2. The van der Waals surface area contributed by atoms with Gasteiger partial charge in [0.1, 0.15) is 5.75 Å². The Hall–Kier alpha value is -2.79. The van der Waals surface area contributed by atoms with Crippen LogP contribution in [0.15, 0.2) is 59.2 Å². The number of ether oxygens (including phenoxy) is 1. The summed E-state index contributed by atoms with van der Waals surface area (Å²) in [5, 5.41) is 2.21. The fourth-order valence-corrected chi connectivity index (χ4v) is 3.37. The first-order valence-corrected chi connectivity index (χ1v) is 9.62. The average Bonchev–Trinajstić information content (AvgIpc) is 2.96. The van der Waals surface area contributed by atoms with Crippen LogP contribution in [-0.2, 0) is 4.79 Å². The van der Waals surface area contributed by atoms with Crippen molar-refractivity contribution in [2.24, 2.45) is 10.8 Å². The summed E-state index contributed by atoms with van der Waals surface area (Å²) in [6, 6.07) is 12.1. The van der Waals surface area contributed by atoms with Gasteiger partial charge in [0.05, 0.1) is 12.7 Å². The molecule has 2 nitrogen and oxygen atoms in total. The monoisotopic (exact) mass is 372 g/mol. The van der Waals surface area contributed by atoms with Gasteiger partial charge in [0.2, 0.25) is 0 Å². The number of allylic oxidation sites excluding steroid dienone is 4. The molecular formula is C26H28O2. The molecule has 0 saturated heterocycles. The molecule has 0 radical (unpaired) electrons. The van der Waals surface area contributed by atoms with Crippen LogP contribution in [0, 0.1) is 22.7 Å². The van der Waals surface area contributed by atoms with Crippen LogP contribution in [0.5, 0.6) is 5.75 Å². The van der Waals surface area contributed by atoms with Gasteiger partial charge < -0.3 is 4.74 Å². The minimum atomic E-state index is -0.195. The number of fused-ring (bicyclic) bond motifs is 1. The van der Waals surface area contributed by atoms with Crippen LogP contribution in [0.2, 0.25) is 0 Å². The smallest absolute Gasteiger partial charge is 0.198 e. The number of rotatable bonds is 1. The molecule has 0 amide bonds. The van der Waals surface area contributed by atoms with Crippen molar-refractivity contribution >= 4 is 16.6 Å². The third kappa shape index (κ3) is 3.90. The normalized spacial score (nSPS) is 14.8. The van der Waals surface area contributed by atoms with E-state index in [4.69, 9.17) is 4.74 Å². The first kappa shape index (κ1) is 20.0. The van der Waals surface area contributed by atoms with Gasteiger partial charge in [-0.2, -0.15) is 0 Å². The van der Waals surface area contributed by atoms with Gasteiger partial charge in [-0.05, 0) is 57.5 Å². The summed E-state index contributed by atoms with van der Waals surface area (Å²) >= 11 is 0. The van der Waals surface area contributed by atoms with Crippen LogP contribution >= 0.6 is 0 Å². The van der Waals surface area contributed by atoms with Crippen LogP contribution in [0.3, 0.4) is 0 Å². The highest BCUT2D eigenvalue weighted by Gasteiger charge is 2.35. The van der Waals surface area contributed by atoms with Gasteiger partial charge in [0, 0.05) is 11.1 Å². The van der Waals surface area contributed by atoms with Crippen LogP contribution in [0.25, 0.3) is 10.8 Å². The third-order valence-electron chi connectivity index (χ3n) is 5.02. The van der Waals surface area contributed by atoms with Crippen molar-refractivity contribution in [1.82, 2.24) is 0 Å². The second-order valence-corrected chi connectivity index (χ2v) is 9.35. The maximum atomic E-state index is 13.1. The van der Waals surface area contributed by atoms with E-state index in [1.165, 1.54) is 0 Å². The number of ketones is 1. The van der Waals surface area contributed by atoms with E-state index in [-0.39, 0.29) is 16.6 Å². The molecule has 0 aromatic heterocycles. The molecule has 0 bridgehead atoms. The summed E-state index contributed by atoms with van der Waals surface area (Å²) in [4.78, 5) is 13.1. The highest BCUT2D eigenvalue weighted by Crippen LogP contribution is 2.41. The van der Waals surface area contributed by atoms with E-state index in [0.717, 1.165) is 33.2 Å². The maximum Gasteiger partial charge on any atom is 0.198 e. The molecule has 0 spiro atoms. The van der Waals surface area contributed by atoms with Crippen LogP contribution in [0.1, 0.15) is 47.1 Å². The molecular weight excluding hydrogens is 344 g/mol. The highest BCUT2D eigenvalue weighted by atomic mass is 16.5. The van der Waals surface area contributed by atoms with Crippen molar-refractivity contribution in [1.29, 1.82) is 0 Å². The lowest BCUT2D eigenvalue weighted by atomic mass is 9.83. The first-order chi connectivity index (χ1) is 13.0. The third-order valence-corrected chi connectivity index (χ3v) is 5.02. The topological polar surface area (TPSA) is 26.3 Å². The number of methoxy groups -OCH3 is 1. The minimum absolute atomic E-state index is 0.0652. The van der Waals surface area contributed by atoms with Crippen molar-refractivity contribution in [3.8, 4) is 17.6 Å². The summed E-state index contributed by atoms with van der Waals surface area (Å²) in [5.74, 6) is 7.32. The number of carbonyl (C=O) groups excluding carboxylic acids is 1. The second-order valence-electron chi connectivity index (χ2n) is 9.35. The summed E-state index contributed by atoms with van der Waals surface area (Å²) in [7, 11) is 1.67. The molecule has 2 aromatic rings. The minimum Gasteiger partial charge on any atom is -0.497 e. The SMILES string of the molecule is COc1ccc2cc(C#CC3=C(C(C)(C)C)C=C(C(C)(C)C)C3=O)ccc2c1. The van der Waals surface area contributed by atoms with Gasteiger partial charge in [-0.1, -0.05) is 65.5 Å². The molecule has 0 heterocycles. The van der Waals surface area contributed by atoms with Gasteiger partial charge in [0.15, 0.2) is 5.78 Å². The van der Waals surface area contributed by atoms with E-state index < -0.39 is 0 Å². The van der Waals surface area contributed by atoms with E-state index >= 15 is 0 Å². The molecule has 0 saturated carbocycles. The van der Waals surface area contributed by atoms with E-state index in [1.807, 2.05) is 30.3 Å². The lowest BCUT2D eigenvalue weighted by molar-refractivity contribution is -0.112. The first-order valence-electron chi connectivity index (χ1n) is 9.62. The van der Waals surface area contributed by atoms with Crippen LogP contribution in [-0.4, -0.2) is 12.9 Å². The Morgan fingerprint density at radius 1 is 0.821 bits per heavy atom. The van der Waals surface area contributed by atoms with E-state index in [2.05, 4.69) is 65.5 Å².